The van der Waals surface area contributed by atoms with Gasteiger partial charge in [-0.25, -0.2) is 0 Å². The molecule has 1 N–H and O–H groups in total. The molecule has 0 aliphatic heterocycles. The van der Waals surface area contributed by atoms with Crippen LogP contribution in [0.3, 0.4) is 0 Å². The maximum Gasteiger partial charge on any atom is 0.0667 e. The normalized spacial score (nSPS) is 45.5. The van der Waals surface area contributed by atoms with Crippen LogP contribution in [0, 0.1) is 50.7 Å². The lowest BCUT2D eigenvalue weighted by Crippen LogP contribution is -2.58. The number of hydrogen-bond acceptors (Lipinski definition) is 2. The highest BCUT2D eigenvalue weighted by Gasteiger charge is 2.65. The summed E-state index contributed by atoms with van der Waals surface area (Å²) in [5.41, 5.74) is 2.50. The molecule has 3 saturated carbocycles. The third kappa shape index (κ3) is 3.93. The second kappa shape index (κ2) is 8.59. The average molecular weight is 487 g/mol. The van der Waals surface area contributed by atoms with Gasteiger partial charge in [0.15, 0.2) is 0 Å². The van der Waals surface area contributed by atoms with Gasteiger partial charge in [0.25, 0.3) is 0 Å². The van der Waals surface area contributed by atoms with E-state index in [1.165, 1.54) is 44.9 Å². The zero-order valence-corrected chi connectivity index (χ0v) is 25.2. The highest BCUT2D eigenvalue weighted by molar-refractivity contribution is 5.32. The first kappa shape index (κ1) is 27.7. The molecule has 9 atom stereocenters. The van der Waals surface area contributed by atoms with E-state index in [0.29, 0.717) is 28.3 Å². The Morgan fingerprint density at radius 1 is 0.971 bits per heavy atom. The fourth-order valence-corrected chi connectivity index (χ4v) is 10.2. The van der Waals surface area contributed by atoms with Crippen molar-refractivity contribution in [2.45, 2.75) is 139 Å². The van der Waals surface area contributed by atoms with Crippen molar-refractivity contribution < 1.29 is 9.84 Å². The van der Waals surface area contributed by atoms with Gasteiger partial charge in [0.2, 0.25) is 0 Å². The van der Waals surface area contributed by atoms with Crippen molar-refractivity contribution in [1.29, 1.82) is 0 Å². The minimum Gasteiger partial charge on any atom is -0.390 e. The summed E-state index contributed by atoms with van der Waals surface area (Å²) >= 11 is 0. The Labute approximate surface area is 218 Å². The highest BCUT2D eigenvalue weighted by atomic mass is 16.5. The van der Waals surface area contributed by atoms with Crippen molar-refractivity contribution in [2.75, 3.05) is 7.11 Å². The van der Waals surface area contributed by atoms with Crippen LogP contribution in [0.15, 0.2) is 11.6 Å². The van der Waals surface area contributed by atoms with Gasteiger partial charge in [0, 0.05) is 7.11 Å². The topological polar surface area (TPSA) is 29.5 Å². The summed E-state index contributed by atoms with van der Waals surface area (Å²) < 4.78 is 6.01. The molecule has 0 heterocycles. The maximum atomic E-state index is 11.1. The Hall–Kier alpha value is -0.340. The van der Waals surface area contributed by atoms with Crippen LogP contribution in [0.1, 0.15) is 127 Å². The molecule has 0 bridgehead atoms. The Kier molecular flexibility index (Phi) is 6.79. The summed E-state index contributed by atoms with van der Waals surface area (Å²) in [6.07, 6.45) is 14.4. The number of rotatable bonds is 5. The molecule has 0 aromatic rings. The highest BCUT2D eigenvalue weighted by Crippen LogP contribution is 2.73. The molecule has 2 heteroatoms. The summed E-state index contributed by atoms with van der Waals surface area (Å²) in [5, 5.41) is 11.1. The van der Waals surface area contributed by atoms with Crippen LogP contribution in [0.4, 0.5) is 0 Å². The van der Waals surface area contributed by atoms with Crippen LogP contribution in [-0.4, -0.2) is 23.9 Å². The monoisotopic (exact) mass is 486 g/mol. The Bertz CT molecular complexity index is 831. The molecular formula is C33H58O2. The van der Waals surface area contributed by atoms with E-state index in [9.17, 15) is 5.11 Å². The van der Waals surface area contributed by atoms with Crippen LogP contribution in [0.25, 0.3) is 0 Å². The molecule has 202 valence electrons. The third-order valence-electron chi connectivity index (χ3n) is 13.5. The van der Waals surface area contributed by atoms with Gasteiger partial charge in [0.1, 0.15) is 0 Å². The Morgan fingerprint density at radius 2 is 1.63 bits per heavy atom. The SMILES string of the molecule is CO[C@H]1CC[C@]2(C)C3=CC[C@]4(C)[C@H]([C@H](C)CC[C@@](C)(O)C(C)(C)C)CC[C@@]4(C)[C@H]3CC[C@H]2C1(C)C. The van der Waals surface area contributed by atoms with Crippen LogP contribution in [-0.2, 0) is 4.74 Å². The van der Waals surface area contributed by atoms with Crippen LogP contribution in [0.2, 0.25) is 0 Å². The standard InChI is InChI=1S/C33H58O2/c1-22(14-21-33(10,34)28(2,3)4)23-15-19-32(9)25-12-13-26-29(5,6)27(35-11)17-18-30(26,7)24(25)16-20-31(23,32)8/h16,22-23,25-27,34H,12-15,17-21H2,1-11H3/t22-,23+,25+,26+,27+,30-,31-,32+,33-/m1/s1. The number of hydrogen-bond donors (Lipinski definition) is 1. The molecular weight excluding hydrogens is 428 g/mol. The van der Waals surface area contributed by atoms with Crippen molar-refractivity contribution in [3.63, 3.8) is 0 Å². The summed E-state index contributed by atoms with van der Waals surface area (Å²) in [5.74, 6) is 2.88. The molecule has 3 fully saturated rings. The van der Waals surface area contributed by atoms with E-state index in [2.05, 4.69) is 75.3 Å². The molecule has 0 aromatic heterocycles. The first-order chi connectivity index (χ1) is 16.0. The van der Waals surface area contributed by atoms with E-state index in [4.69, 9.17) is 4.74 Å². The smallest absolute Gasteiger partial charge is 0.0667 e. The van der Waals surface area contributed by atoms with Gasteiger partial charge in [-0.05, 0) is 115 Å². The van der Waals surface area contributed by atoms with E-state index >= 15 is 0 Å². The van der Waals surface area contributed by atoms with Gasteiger partial charge in [-0.1, -0.05) is 74.0 Å². The molecule has 0 aromatic carbocycles. The van der Waals surface area contributed by atoms with Crippen LogP contribution >= 0.6 is 0 Å². The average Bonchev–Trinajstić information content (AvgIpc) is 3.02. The predicted octanol–water partition coefficient (Wildman–Crippen LogP) is 8.82. The van der Waals surface area contributed by atoms with E-state index in [1.54, 1.807) is 0 Å². The fraction of sp³-hybridized carbons (Fsp3) is 0.939. The first-order valence-corrected chi connectivity index (χ1v) is 14.9. The van der Waals surface area contributed by atoms with Gasteiger partial charge in [-0.2, -0.15) is 0 Å². The first-order valence-electron chi connectivity index (χ1n) is 14.9. The molecule has 4 aliphatic carbocycles. The van der Waals surface area contributed by atoms with E-state index in [1.807, 2.05) is 12.7 Å². The zero-order chi connectivity index (χ0) is 26.2. The van der Waals surface area contributed by atoms with Crippen molar-refractivity contribution in [3.8, 4) is 0 Å². The van der Waals surface area contributed by atoms with Crippen LogP contribution < -0.4 is 0 Å². The van der Waals surface area contributed by atoms with Crippen molar-refractivity contribution >= 4 is 0 Å². The lowest BCUT2D eigenvalue weighted by molar-refractivity contribution is -0.130. The van der Waals surface area contributed by atoms with Gasteiger partial charge in [-0.3, -0.25) is 0 Å². The molecule has 0 spiro atoms. The number of fused-ring (bicyclic) bond motifs is 5. The second-order valence-electron chi connectivity index (χ2n) is 16.1. The van der Waals surface area contributed by atoms with E-state index in [-0.39, 0.29) is 10.8 Å². The van der Waals surface area contributed by atoms with Gasteiger partial charge in [-0.15, -0.1) is 0 Å². The predicted molar refractivity (Wildman–Crippen MR) is 148 cm³/mol. The molecule has 0 saturated heterocycles. The summed E-state index contributed by atoms with van der Waals surface area (Å²) in [6, 6.07) is 0. The van der Waals surface area contributed by atoms with Gasteiger partial charge < -0.3 is 9.84 Å². The largest absolute Gasteiger partial charge is 0.390 e. The van der Waals surface area contributed by atoms with Crippen molar-refractivity contribution in [2.24, 2.45) is 50.7 Å². The van der Waals surface area contributed by atoms with E-state index in [0.717, 1.165) is 30.6 Å². The van der Waals surface area contributed by atoms with Crippen LogP contribution in [0.5, 0.6) is 0 Å². The van der Waals surface area contributed by atoms with Crippen molar-refractivity contribution in [1.82, 2.24) is 0 Å². The number of allylic oxidation sites excluding steroid dienone is 2. The van der Waals surface area contributed by atoms with E-state index < -0.39 is 5.60 Å². The quantitative estimate of drug-likeness (QED) is 0.393. The molecule has 4 rings (SSSR count). The molecule has 2 nitrogen and oxygen atoms in total. The maximum absolute atomic E-state index is 11.1. The Morgan fingerprint density at radius 3 is 2.23 bits per heavy atom. The zero-order valence-electron chi connectivity index (χ0n) is 25.2. The number of aliphatic hydroxyl groups is 1. The lowest BCUT2D eigenvalue weighted by atomic mass is 9.41. The summed E-state index contributed by atoms with van der Waals surface area (Å²) in [6.45, 7) is 24.0. The molecule has 4 aliphatic rings. The number of methoxy groups -OCH3 is 1. The second-order valence-corrected chi connectivity index (χ2v) is 16.1. The molecule has 0 unspecified atom stereocenters. The summed E-state index contributed by atoms with van der Waals surface area (Å²) in [4.78, 5) is 0. The Balaban J connectivity index is 1.59. The fourth-order valence-electron chi connectivity index (χ4n) is 10.2. The summed E-state index contributed by atoms with van der Waals surface area (Å²) in [7, 11) is 1.92. The lowest BCUT2D eigenvalue weighted by Gasteiger charge is -2.64. The molecule has 35 heavy (non-hydrogen) atoms. The third-order valence-corrected chi connectivity index (χ3v) is 13.5. The minimum absolute atomic E-state index is 0.0764. The molecule has 0 amide bonds. The number of ether oxygens (including phenoxy) is 1. The van der Waals surface area contributed by atoms with Gasteiger partial charge in [0.05, 0.1) is 11.7 Å². The van der Waals surface area contributed by atoms with Crippen molar-refractivity contribution in [3.05, 3.63) is 11.6 Å². The minimum atomic E-state index is -0.607. The van der Waals surface area contributed by atoms with Gasteiger partial charge >= 0.3 is 0 Å². The molecule has 0 radical (unpaired) electrons.